The first kappa shape index (κ1) is 12.9. The Kier molecular flexibility index (Phi) is 3.56. The van der Waals surface area contributed by atoms with Crippen molar-refractivity contribution in [3.05, 3.63) is 16.3 Å². The molecule has 2 N–H and O–H groups in total. The number of ether oxygens (including phenoxy) is 1. The van der Waals surface area contributed by atoms with Crippen molar-refractivity contribution in [1.82, 2.24) is 5.32 Å². The summed E-state index contributed by atoms with van der Waals surface area (Å²) in [4.78, 5) is 23.9. The van der Waals surface area contributed by atoms with Gasteiger partial charge in [0.15, 0.2) is 0 Å². The number of carboxylic acid groups (broad SMARTS) is 1. The minimum atomic E-state index is -1.11. The Labute approximate surface area is 109 Å². The summed E-state index contributed by atoms with van der Waals surface area (Å²) in [5.74, 6) is -0.842. The van der Waals surface area contributed by atoms with Gasteiger partial charge in [0.25, 0.3) is 5.91 Å². The van der Waals surface area contributed by atoms with Gasteiger partial charge in [-0.1, -0.05) is 12.8 Å². The normalized spacial score (nSPS) is 17.4. The quantitative estimate of drug-likeness (QED) is 0.875. The van der Waals surface area contributed by atoms with Crippen LogP contribution in [0.2, 0.25) is 0 Å². The minimum absolute atomic E-state index is 0.369. The number of hydrogen-bond acceptors (Lipinski definition) is 4. The first-order valence-corrected chi connectivity index (χ1v) is 6.64. The molecule has 0 unspecified atom stereocenters. The maximum atomic E-state index is 12.1. The average Bonchev–Trinajstić information content (AvgIpc) is 2.97. The lowest BCUT2D eigenvalue weighted by atomic mass is 9.98. The third kappa shape index (κ3) is 2.20. The minimum Gasteiger partial charge on any atom is -0.495 e. The van der Waals surface area contributed by atoms with Crippen LogP contribution in [0, 0.1) is 0 Å². The topological polar surface area (TPSA) is 75.6 Å². The van der Waals surface area contributed by atoms with Gasteiger partial charge in [-0.05, 0) is 24.3 Å². The van der Waals surface area contributed by atoms with Crippen molar-refractivity contribution in [2.75, 3.05) is 7.11 Å². The lowest BCUT2D eigenvalue weighted by Crippen LogP contribution is -2.52. The standard InChI is InChI=1S/C12H15NO4S/c1-17-8-4-7-18-9(8)10(14)13-12(11(15)16)5-2-3-6-12/h4,7H,2-3,5-6H2,1H3,(H,13,14)(H,15,16). The van der Waals surface area contributed by atoms with Crippen molar-refractivity contribution in [2.45, 2.75) is 31.2 Å². The van der Waals surface area contributed by atoms with Crippen LogP contribution >= 0.6 is 11.3 Å². The van der Waals surface area contributed by atoms with Crippen molar-refractivity contribution >= 4 is 23.2 Å². The number of carbonyl (C=O) groups excluding carboxylic acids is 1. The van der Waals surface area contributed by atoms with Crippen LogP contribution in [0.3, 0.4) is 0 Å². The Balaban J connectivity index is 2.18. The summed E-state index contributed by atoms with van der Waals surface area (Å²) < 4.78 is 5.07. The van der Waals surface area contributed by atoms with E-state index in [1.54, 1.807) is 11.4 Å². The van der Waals surface area contributed by atoms with Crippen LogP contribution in [0.4, 0.5) is 0 Å². The molecule has 1 heterocycles. The summed E-state index contributed by atoms with van der Waals surface area (Å²) in [6, 6.07) is 1.70. The molecule has 1 aromatic heterocycles. The molecule has 0 radical (unpaired) electrons. The van der Waals surface area contributed by atoms with Crippen LogP contribution in [0.15, 0.2) is 11.4 Å². The van der Waals surface area contributed by atoms with Crippen LogP contribution < -0.4 is 10.1 Å². The number of rotatable bonds is 4. The summed E-state index contributed by atoms with van der Waals surface area (Å²) in [6.07, 6.45) is 2.63. The lowest BCUT2D eigenvalue weighted by molar-refractivity contribution is -0.144. The Morgan fingerprint density at radius 1 is 1.44 bits per heavy atom. The summed E-state index contributed by atoms with van der Waals surface area (Å²) in [5, 5.41) is 13.7. The van der Waals surface area contributed by atoms with Gasteiger partial charge in [-0.25, -0.2) is 4.79 Å². The number of aliphatic carboxylic acids is 1. The molecule has 18 heavy (non-hydrogen) atoms. The zero-order valence-corrected chi connectivity index (χ0v) is 10.9. The first-order chi connectivity index (χ1) is 8.59. The first-order valence-electron chi connectivity index (χ1n) is 5.76. The average molecular weight is 269 g/mol. The van der Waals surface area contributed by atoms with Gasteiger partial charge in [-0.3, -0.25) is 4.79 Å². The molecule has 0 atom stereocenters. The summed E-state index contributed by atoms with van der Waals surface area (Å²) in [6.45, 7) is 0. The van der Waals surface area contributed by atoms with Crippen LogP contribution in [0.5, 0.6) is 5.75 Å². The van der Waals surface area contributed by atoms with Crippen molar-refractivity contribution in [2.24, 2.45) is 0 Å². The SMILES string of the molecule is COc1ccsc1C(=O)NC1(C(=O)O)CCCC1. The van der Waals surface area contributed by atoms with Gasteiger partial charge >= 0.3 is 5.97 Å². The van der Waals surface area contributed by atoms with Crippen molar-refractivity contribution in [1.29, 1.82) is 0 Å². The fourth-order valence-corrected chi connectivity index (χ4v) is 3.02. The highest BCUT2D eigenvalue weighted by Gasteiger charge is 2.43. The maximum absolute atomic E-state index is 12.1. The van der Waals surface area contributed by atoms with Crippen LogP contribution in [-0.2, 0) is 4.79 Å². The second-order valence-electron chi connectivity index (χ2n) is 4.37. The number of methoxy groups -OCH3 is 1. The van der Waals surface area contributed by atoms with E-state index in [9.17, 15) is 14.7 Å². The van der Waals surface area contributed by atoms with E-state index in [2.05, 4.69) is 5.32 Å². The third-order valence-corrected chi connectivity index (χ3v) is 4.17. The fraction of sp³-hybridized carbons (Fsp3) is 0.500. The van der Waals surface area contributed by atoms with Gasteiger partial charge in [-0.2, -0.15) is 0 Å². The molecule has 98 valence electrons. The summed E-state index contributed by atoms with van der Waals surface area (Å²) >= 11 is 1.25. The van der Waals surface area contributed by atoms with E-state index in [0.717, 1.165) is 12.8 Å². The van der Waals surface area contributed by atoms with Crippen molar-refractivity contribution < 1.29 is 19.4 Å². The predicted molar refractivity (Wildman–Crippen MR) is 67.2 cm³/mol. The maximum Gasteiger partial charge on any atom is 0.329 e. The van der Waals surface area contributed by atoms with Gasteiger partial charge in [0, 0.05) is 0 Å². The molecular weight excluding hydrogens is 254 g/mol. The Morgan fingerprint density at radius 2 is 2.11 bits per heavy atom. The van der Waals surface area contributed by atoms with Gasteiger partial charge < -0.3 is 15.2 Å². The van der Waals surface area contributed by atoms with Crippen molar-refractivity contribution in [3.8, 4) is 5.75 Å². The monoisotopic (exact) mass is 269 g/mol. The molecule has 1 aromatic rings. The molecule has 6 heteroatoms. The predicted octanol–water partition coefficient (Wildman–Crippen LogP) is 1.88. The fourth-order valence-electron chi connectivity index (χ4n) is 2.27. The van der Waals surface area contributed by atoms with Gasteiger partial charge in [0.1, 0.15) is 16.2 Å². The third-order valence-electron chi connectivity index (χ3n) is 3.27. The number of carbonyl (C=O) groups is 2. The molecule has 1 aliphatic carbocycles. The molecule has 5 nitrogen and oxygen atoms in total. The second kappa shape index (κ2) is 4.97. The number of nitrogens with one attached hydrogen (secondary N) is 1. The molecular formula is C12H15NO4S. The van der Waals surface area contributed by atoms with E-state index in [1.165, 1.54) is 18.4 Å². The van der Waals surface area contributed by atoms with Gasteiger partial charge in [0.05, 0.1) is 7.11 Å². The summed E-state index contributed by atoms with van der Waals surface area (Å²) in [7, 11) is 1.49. The molecule has 0 spiro atoms. The van der Waals surface area contributed by atoms with E-state index in [-0.39, 0.29) is 5.91 Å². The van der Waals surface area contributed by atoms with Gasteiger partial charge in [0.2, 0.25) is 0 Å². The van der Waals surface area contributed by atoms with E-state index < -0.39 is 11.5 Å². The highest BCUT2D eigenvalue weighted by Crippen LogP contribution is 2.32. The van der Waals surface area contributed by atoms with E-state index in [0.29, 0.717) is 23.5 Å². The lowest BCUT2D eigenvalue weighted by Gasteiger charge is -2.25. The highest BCUT2D eigenvalue weighted by molar-refractivity contribution is 7.12. The Hall–Kier alpha value is -1.56. The highest BCUT2D eigenvalue weighted by atomic mass is 32.1. The van der Waals surface area contributed by atoms with Crippen molar-refractivity contribution in [3.63, 3.8) is 0 Å². The molecule has 0 aromatic carbocycles. The Morgan fingerprint density at radius 3 is 2.67 bits per heavy atom. The number of hydrogen-bond donors (Lipinski definition) is 2. The molecule has 1 saturated carbocycles. The van der Waals surface area contributed by atoms with Crippen LogP contribution in [-0.4, -0.2) is 29.6 Å². The zero-order chi connectivity index (χ0) is 13.2. The van der Waals surface area contributed by atoms with E-state index in [4.69, 9.17) is 4.74 Å². The second-order valence-corrected chi connectivity index (χ2v) is 5.28. The zero-order valence-electron chi connectivity index (χ0n) is 10.1. The molecule has 1 fully saturated rings. The summed E-state index contributed by atoms with van der Waals surface area (Å²) in [5.41, 5.74) is -1.11. The van der Waals surface area contributed by atoms with E-state index >= 15 is 0 Å². The molecule has 0 aliphatic heterocycles. The molecule has 0 saturated heterocycles. The van der Waals surface area contributed by atoms with Crippen LogP contribution in [0.1, 0.15) is 35.4 Å². The number of amides is 1. The molecule has 1 aliphatic rings. The molecule has 2 rings (SSSR count). The largest absolute Gasteiger partial charge is 0.495 e. The van der Waals surface area contributed by atoms with E-state index in [1.807, 2.05) is 0 Å². The molecule has 0 bridgehead atoms. The Bertz CT molecular complexity index is 462. The van der Waals surface area contributed by atoms with Crippen LogP contribution in [0.25, 0.3) is 0 Å². The smallest absolute Gasteiger partial charge is 0.329 e. The molecule has 1 amide bonds. The van der Waals surface area contributed by atoms with Gasteiger partial charge in [-0.15, -0.1) is 11.3 Å². The number of thiophene rings is 1. The number of carboxylic acids is 1.